The molecule has 120 valence electrons. The van der Waals surface area contributed by atoms with Crippen LogP contribution in [0.1, 0.15) is 24.6 Å². The number of hydrogen-bond donors (Lipinski definition) is 2. The minimum absolute atomic E-state index is 0.366. The first-order chi connectivity index (χ1) is 10.0. The van der Waals surface area contributed by atoms with Crippen LogP contribution in [-0.2, 0) is 16.6 Å². The second-order valence-electron chi connectivity index (χ2n) is 5.04. The minimum atomic E-state index is -3.42. The van der Waals surface area contributed by atoms with Crippen molar-refractivity contribution in [1.82, 2.24) is 10.0 Å². The lowest BCUT2D eigenvalue weighted by Gasteiger charge is -2.21. The van der Waals surface area contributed by atoms with Crippen molar-refractivity contribution in [2.75, 3.05) is 24.6 Å². The van der Waals surface area contributed by atoms with Crippen molar-refractivity contribution in [3.8, 4) is 0 Å². The normalized spacial score (nSPS) is 17.2. The van der Waals surface area contributed by atoms with Crippen LogP contribution < -0.4 is 10.0 Å². The monoisotopic (exact) mass is 412 g/mol. The van der Waals surface area contributed by atoms with Gasteiger partial charge in [0.25, 0.3) is 0 Å². The molecule has 0 saturated carbocycles. The molecular formula is C13H21BrN2O2S3. The molecule has 1 aromatic heterocycles. The van der Waals surface area contributed by atoms with Gasteiger partial charge in [0.1, 0.15) is 4.90 Å². The fourth-order valence-electron chi connectivity index (χ4n) is 2.17. The predicted octanol–water partition coefficient (Wildman–Crippen LogP) is 3.04. The van der Waals surface area contributed by atoms with Gasteiger partial charge >= 0.3 is 0 Å². The van der Waals surface area contributed by atoms with Crippen LogP contribution in [0, 0.1) is 5.92 Å². The van der Waals surface area contributed by atoms with E-state index in [1.807, 2.05) is 18.7 Å². The van der Waals surface area contributed by atoms with Crippen LogP contribution in [0.4, 0.5) is 0 Å². The van der Waals surface area contributed by atoms with Crippen LogP contribution in [0.2, 0.25) is 0 Å². The number of thioether (sulfide) groups is 1. The first-order valence-corrected chi connectivity index (χ1v) is 11.3. The maximum Gasteiger partial charge on any atom is 0.242 e. The van der Waals surface area contributed by atoms with Gasteiger partial charge in [-0.15, -0.1) is 11.3 Å². The molecule has 4 nitrogen and oxygen atoms in total. The Morgan fingerprint density at radius 1 is 1.38 bits per heavy atom. The SMILES string of the molecule is CCNCc1cc(S(=O)(=O)NCC2CCSCC2)c(Br)s1. The predicted molar refractivity (Wildman–Crippen MR) is 94.6 cm³/mol. The zero-order chi connectivity index (χ0) is 15.3. The molecule has 21 heavy (non-hydrogen) atoms. The van der Waals surface area contributed by atoms with Gasteiger partial charge in [0.05, 0.1) is 3.79 Å². The van der Waals surface area contributed by atoms with E-state index in [-0.39, 0.29) is 0 Å². The molecule has 1 aliphatic rings. The van der Waals surface area contributed by atoms with Crippen molar-refractivity contribution in [2.24, 2.45) is 5.92 Å². The second-order valence-corrected chi connectivity index (χ2v) is 10.5. The molecule has 1 aromatic rings. The van der Waals surface area contributed by atoms with E-state index in [9.17, 15) is 8.42 Å². The van der Waals surface area contributed by atoms with Crippen molar-refractivity contribution in [3.63, 3.8) is 0 Å². The summed E-state index contributed by atoms with van der Waals surface area (Å²) in [6.45, 7) is 4.16. The molecule has 0 bridgehead atoms. The fraction of sp³-hybridized carbons (Fsp3) is 0.692. The van der Waals surface area contributed by atoms with Gasteiger partial charge in [-0.25, -0.2) is 13.1 Å². The summed E-state index contributed by atoms with van der Waals surface area (Å²) in [7, 11) is -3.42. The molecule has 1 fully saturated rings. The minimum Gasteiger partial charge on any atom is -0.312 e. The van der Waals surface area contributed by atoms with Crippen molar-refractivity contribution in [2.45, 2.75) is 31.2 Å². The standard InChI is InChI=1S/C13H21BrN2O2S3/c1-2-15-9-11-7-12(13(14)20-11)21(17,18)16-8-10-3-5-19-6-4-10/h7,10,15-16H,2-6,8-9H2,1H3. The van der Waals surface area contributed by atoms with Crippen molar-refractivity contribution < 1.29 is 8.42 Å². The average Bonchev–Trinajstić information content (AvgIpc) is 2.86. The Balaban J connectivity index is 1.99. The van der Waals surface area contributed by atoms with E-state index in [0.29, 0.717) is 27.7 Å². The summed E-state index contributed by atoms with van der Waals surface area (Å²) in [5.41, 5.74) is 0. The lowest BCUT2D eigenvalue weighted by Crippen LogP contribution is -2.31. The molecule has 0 amide bonds. The zero-order valence-electron chi connectivity index (χ0n) is 12.0. The van der Waals surface area contributed by atoms with Gasteiger partial charge in [0, 0.05) is 18.0 Å². The highest BCUT2D eigenvalue weighted by molar-refractivity contribution is 9.11. The van der Waals surface area contributed by atoms with Crippen LogP contribution >= 0.6 is 39.0 Å². The van der Waals surface area contributed by atoms with E-state index in [4.69, 9.17) is 0 Å². The van der Waals surface area contributed by atoms with Crippen LogP contribution in [-0.4, -0.2) is 33.0 Å². The molecule has 1 aliphatic heterocycles. The largest absolute Gasteiger partial charge is 0.312 e. The summed E-state index contributed by atoms with van der Waals surface area (Å²) in [4.78, 5) is 1.39. The third-order valence-electron chi connectivity index (χ3n) is 3.45. The Labute approximate surface area is 143 Å². The quantitative estimate of drug-likeness (QED) is 0.722. The lowest BCUT2D eigenvalue weighted by atomic mass is 10.0. The van der Waals surface area contributed by atoms with E-state index < -0.39 is 10.0 Å². The number of nitrogens with one attached hydrogen (secondary N) is 2. The number of sulfonamides is 1. The number of rotatable bonds is 7. The maximum absolute atomic E-state index is 12.4. The Kier molecular flexibility index (Phi) is 7.02. The molecule has 1 saturated heterocycles. The Morgan fingerprint density at radius 2 is 2.10 bits per heavy atom. The Hall–Kier alpha value is 0.400. The summed E-state index contributed by atoms with van der Waals surface area (Å²) < 4.78 is 28.3. The second kappa shape index (κ2) is 8.31. The van der Waals surface area contributed by atoms with Gasteiger partial charge in [-0.1, -0.05) is 6.92 Å². The molecule has 2 N–H and O–H groups in total. The third-order valence-corrected chi connectivity index (χ3v) is 8.17. The van der Waals surface area contributed by atoms with Gasteiger partial charge in [-0.3, -0.25) is 0 Å². The highest BCUT2D eigenvalue weighted by Crippen LogP contribution is 2.32. The van der Waals surface area contributed by atoms with Crippen molar-refractivity contribution in [1.29, 1.82) is 0 Å². The van der Waals surface area contributed by atoms with Crippen molar-refractivity contribution >= 4 is 49.1 Å². The van der Waals surface area contributed by atoms with E-state index in [0.717, 1.165) is 35.8 Å². The average molecular weight is 413 g/mol. The van der Waals surface area contributed by atoms with Gasteiger partial charge in [0.15, 0.2) is 0 Å². The zero-order valence-corrected chi connectivity index (χ0v) is 16.1. The Bertz CT molecular complexity index is 554. The molecule has 8 heteroatoms. The van der Waals surface area contributed by atoms with E-state index >= 15 is 0 Å². The number of halogens is 1. The van der Waals surface area contributed by atoms with Crippen LogP contribution in [0.3, 0.4) is 0 Å². The van der Waals surface area contributed by atoms with Gasteiger partial charge in [-0.05, 0) is 58.8 Å². The van der Waals surface area contributed by atoms with Crippen molar-refractivity contribution in [3.05, 3.63) is 14.7 Å². The number of thiophene rings is 1. The van der Waals surface area contributed by atoms with Gasteiger partial charge in [0.2, 0.25) is 10.0 Å². The molecule has 0 unspecified atom stereocenters. The van der Waals surface area contributed by atoms with Crippen LogP contribution in [0.25, 0.3) is 0 Å². The van der Waals surface area contributed by atoms with Gasteiger partial charge < -0.3 is 5.32 Å². The fourth-order valence-corrected chi connectivity index (χ4v) is 7.14. The van der Waals surface area contributed by atoms with Crippen LogP contribution in [0.15, 0.2) is 14.7 Å². The highest BCUT2D eigenvalue weighted by atomic mass is 79.9. The molecule has 0 spiro atoms. The Morgan fingerprint density at radius 3 is 2.76 bits per heavy atom. The summed E-state index contributed by atoms with van der Waals surface area (Å²) in [5, 5.41) is 3.21. The molecule has 2 heterocycles. The topological polar surface area (TPSA) is 58.2 Å². The van der Waals surface area contributed by atoms with E-state index in [1.54, 1.807) is 6.07 Å². The van der Waals surface area contributed by atoms with E-state index in [1.165, 1.54) is 11.3 Å². The molecule has 0 atom stereocenters. The van der Waals surface area contributed by atoms with Crippen LogP contribution in [0.5, 0.6) is 0 Å². The molecule has 2 rings (SSSR count). The molecule has 0 aromatic carbocycles. The third kappa shape index (κ3) is 5.21. The highest BCUT2D eigenvalue weighted by Gasteiger charge is 2.23. The first kappa shape index (κ1) is 17.7. The summed E-state index contributed by atoms with van der Waals surface area (Å²) >= 11 is 6.81. The summed E-state index contributed by atoms with van der Waals surface area (Å²) in [6, 6.07) is 1.76. The summed E-state index contributed by atoms with van der Waals surface area (Å²) in [5.74, 6) is 2.75. The maximum atomic E-state index is 12.4. The number of hydrogen-bond acceptors (Lipinski definition) is 5. The summed E-state index contributed by atoms with van der Waals surface area (Å²) in [6.07, 6.45) is 2.20. The van der Waals surface area contributed by atoms with E-state index in [2.05, 4.69) is 26.0 Å². The lowest BCUT2D eigenvalue weighted by molar-refractivity contribution is 0.476. The molecule has 0 aliphatic carbocycles. The first-order valence-electron chi connectivity index (χ1n) is 7.09. The molecular weight excluding hydrogens is 392 g/mol. The smallest absolute Gasteiger partial charge is 0.242 e. The van der Waals surface area contributed by atoms with Gasteiger partial charge in [-0.2, -0.15) is 11.8 Å². The molecule has 0 radical (unpaired) electrons.